The van der Waals surface area contributed by atoms with Crippen LogP contribution in [0.3, 0.4) is 0 Å². The van der Waals surface area contributed by atoms with Gasteiger partial charge in [0, 0.05) is 26.6 Å². The lowest BCUT2D eigenvalue weighted by Gasteiger charge is -2.13. The zero-order valence-corrected chi connectivity index (χ0v) is 12.6. The monoisotopic (exact) mass is 294 g/mol. The van der Waals surface area contributed by atoms with E-state index in [0.29, 0.717) is 38.2 Å². The molecule has 1 amide bonds. The van der Waals surface area contributed by atoms with Crippen LogP contribution in [0.25, 0.3) is 0 Å². The smallest absolute Gasteiger partial charge is 0.231 e. The quantitative estimate of drug-likeness (QED) is 0.764. The summed E-state index contributed by atoms with van der Waals surface area (Å²) in [7, 11) is 3.50. The maximum Gasteiger partial charge on any atom is 0.231 e. The summed E-state index contributed by atoms with van der Waals surface area (Å²) in [5.41, 5.74) is 6.63. The van der Waals surface area contributed by atoms with Crippen molar-refractivity contribution in [3.05, 3.63) is 17.7 Å². The number of rotatable bonds is 7. The minimum absolute atomic E-state index is 0.103. The van der Waals surface area contributed by atoms with Gasteiger partial charge in [0.2, 0.25) is 12.7 Å². The predicted octanol–water partition coefficient (Wildman–Crippen LogP) is 1.16. The first-order chi connectivity index (χ1) is 10.1. The van der Waals surface area contributed by atoms with Gasteiger partial charge in [-0.2, -0.15) is 0 Å². The van der Waals surface area contributed by atoms with Crippen molar-refractivity contribution in [1.29, 1.82) is 0 Å². The highest BCUT2D eigenvalue weighted by Crippen LogP contribution is 2.38. The van der Waals surface area contributed by atoms with E-state index >= 15 is 0 Å². The molecule has 0 saturated heterocycles. The van der Waals surface area contributed by atoms with E-state index in [2.05, 4.69) is 0 Å². The molecule has 0 radical (unpaired) electrons. The molecule has 6 nitrogen and oxygen atoms in total. The lowest BCUT2D eigenvalue weighted by Crippen LogP contribution is -2.21. The van der Waals surface area contributed by atoms with Crippen molar-refractivity contribution < 1.29 is 19.0 Å². The highest BCUT2D eigenvalue weighted by molar-refractivity contribution is 5.75. The van der Waals surface area contributed by atoms with E-state index in [9.17, 15) is 4.79 Å². The van der Waals surface area contributed by atoms with E-state index in [4.69, 9.17) is 19.9 Å². The van der Waals surface area contributed by atoms with E-state index in [0.717, 1.165) is 17.1 Å². The van der Waals surface area contributed by atoms with Crippen molar-refractivity contribution in [3.63, 3.8) is 0 Å². The first kappa shape index (κ1) is 15.4. The first-order valence-corrected chi connectivity index (χ1v) is 7.07. The minimum Gasteiger partial charge on any atom is -0.493 e. The molecule has 0 aliphatic carbocycles. The van der Waals surface area contributed by atoms with Gasteiger partial charge >= 0.3 is 0 Å². The van der Waals surface area contributed by atoms with Crippen molar-refractivity contribution in [3.8, 4) is 17.2 Å². The van der Waals surface area contributed by atoms with Gasteiger partial charge in [0.1, 0.15) is 5.75 Å². The van der Waals surface area contributed by atoms with Gasteiger partial charge in [-0.3, -0.25) is 4.79 Å². The third-order valence-electron chi connectivity index (χ3n) is 3.26. The average Bonchev–Trinajstić information content (AvgIpc) is 2.90. The maximum atomic E-state index is 11.5. The number of nitrogens with zero attached hydrogens (tertiary/aromatic N) is 1. The lowest BCUT2D eigenvalue weighted by atomic mass is 10.1. The second kappa shape index (κ2) is 7.17. The maximum absolute atomic E-state index is 11.5. The van der Waals surface area contributed by atoms with Crippen LogP contribution < -0.4 is 19.9 Å². The van der Waals surface area contributed by atoms with Crippen LogP contribution in [-0.2, 0) is 11.2 Å². The topological polar surface area (TPSA) is 74.0 Å². The molecule has 1 aliphatic rings. The molecular weight excluding hydrogens is 272 g/mol. The van der Waals surface area contributed by atoms with Crippen LogP contribution >= 0.6 is 0 Å². The third kappa shape index (κ3) is 4.01. The number of hydrogen-bond acceptors (Lipinski definition) is 5. The fourth-order valence-electron chi connectivity index (χ4n) is 2.08. The molecule has 1 aromatic rings. The summed E-state index contributed by atoms with van der Waals surface area (Å²) in [5, 5.41) is 0. The largest absolute Gasteiger partial charge is 0.493 e. The van der Waals surface area contributed by atoms with E-state index in [1.165, 1.54) is 0 Å². The number of carbonyl (C=O) groups excluding carboxylic acids is 1. The summed E-state index contributed by atoms with van der Waals surface area (Å²) in [6.07, 6.45) is 1.86. The molecule has 0 bridgehead atoms. The molecule has 1 aliphatic heterocycles. The van der Waals surface area contributed by atoms with Crippen molar-refractivity contribution in [2.24, 2.45) is 5.73 Å². The number of nitrogens with two attached hydrogens (primary N) is 1. The van der Waals surface area contributed by atoms with Crippen LogP contribution in [0.2, 0.25) is 0 Å². The number of carbonyl (C=O) groups is 1. The molecule has 0 saturated carbocycles. The minimum atomic E-state index is 0.103. The van der Waals surface area contributed by atoms with E-state index in [1.807, 2.05) is 12.1 Å². The summed E-state index contributed by atoms with van der Waals surface area (Å²) in [6, 6.07) is 3.75. The van der Waals surface area contributed by atoms with Crippen molar-refractivity contribution in [1.82, 2.24) is 4.90 Å². The number of hydrogen-bond donors (Lipinski definition) is 1. The molecule has 116 valence electrons. The second-order valence-corrected chi connectivity index (χ2v) is 5.09. The summed E-state index contributed by atoms with van der Waals surface area (Å²) < 4.78 is 16.5. The highest BCUT2D eigenvalue weighted by atomic mass is 16.7. The Balaban J connectivity index is 1.94. The Bertz CT molecular complexity index is 503. The average molecular weight is 294 g/mol. The zero-order valence-electron chi connectivity index (χ0n) is 12.6. The molecule has 2 rings (SSSR count). The third-order valence-corrected chi connectivity index (χ3v) is 3.26. The first-order valence-electron chi connectivity index (χ1n) is 7.07. The van der Waals surface area contributed by atoms with Gasteiger partial charge in [0.15, 0.2) is 11.5 Å². The molecule has 0 fully saturated rings. The van der Waals surface area contributed by atoms with Gasteiger partial charge in [-0.1, -0.05) is 0 Å². The Hall–Kier alpha value is -1.95. The predicted molar refractivity (Wildman–Crippen MR) is 78.7 cm³/mol. The highest BCUT2D eigenvalue weighted by Gasteiger charge is 2.17. The number of ether oxygens (including phenoxy) is 3. The molecule has 0 atom stereocenters. The van der Waals surface area contributed by atoms with E-state index in [-0.39, 0.29) is 12.7 Å². The van der Waals surface area contributed by atoms with Gasteiger partial charge < -0.3 is 24.8 Å². The fraction of sp³-hybridized carbons (Fsp3) is 0.533. The van der Waals surface area contributed by atoms with Crippen LogP contribution in [0.5, 0.6) is 17.2 Å². The molecule has 1 heterocycles. The number of fused-ring (bicyclic) bond motifs is 1. The Labute approximate surface area is 124 Å². The van der Waals surface area contributed by atoms with Crippen molar-refractivity contribution in [2.75, 3.05) is 34.0 Å². The molecule has 2 N–H and O–H groups in total. The number of amides is 1. The zero-order chi connectivity index (χ0) is 15.2. The number of benzene rings is 1. The Morgan fingerprint density at radius 3 is 2.71 bits per heavy atom. The summed E-state index contributed by atoms with van der Waals surface area (Å²) in [4.78, 5) is 13.1. The molecule has 21 heavy (non-hydrogen) atoms. The molecule has 0 spiro atoms. The molecule has 0 unspecified atom stereocenters. The Morgan fingerprint density at radius 2 is 2.05 bits per heavy atom. The van der Waals surface area contributed by atoms with Gasteiger partial charge in [-0.05, 0) is 31.0 Å². The van der Waals surface area contributed by atoms with Crippen LogP contribution in [0.1, 0.15) is 18.4 Å². The van der Waals surface area contributed by atoms with Crippen molar-refractivity contribution >= 4 is 5.91 Å². The SMILES string of the molecule is CN(C)C(=O)CCCOc1cc2c(cc1CCN)OCO2. The lowest BCUT2D eigenvalue weighted by molar-refractivity contribution is -0.128. The van der Waals surface area contributed by atoms with Crippen molar-refractivity contribution in [2.45, 2.75) is 19.3 Å². The van der Waals surface area contributed by atoms with E-state index in [1.54, 1.807) is 19.0 Å². The molecular formula is C15H22N2O4. The van der Waals surface area contributed by atoms with Crippen LogP contribution in [0.15, 0.2) is 12.1 Å². The fourth-order valence-corrected chi connectivity index (χ4v) is 2.08. The van der Waals surface area contributed by atoms with E-state index < -0.39 is 0 Å². The summed E-state index contributed by atoms with van der Waals surface area (Å²) in [6.45, 7) is 1.25. The summed E-state index contributed by atoms with van der Waals surface area (Å²) >= 11 is 0. The molecule has 1 aromatic carbocycles. The van der Waals surface area contributed by atoms with Gasteiger partial charge in [-0.15, -0.1) is 0 Å². The standard InChI is InChI=1S/C15H22N2O4/c1-17(2)15(18)4-3-7-19-12-9-14-13(20-10-21-14)8-11(12)5-6-16/h8-9H,3-7,10,16H2,1-2H3. The Kier molecular flexibility index (Phi) is 5.27. The molecule has 6 heteroatoms. The Morgan fingerprint density at radius 1 is 1.33 bits per heavy atom. The van der Waals surface area contributed by atoms with Crippen LogP contribution in [-0.4, -0.2) is 44.8 Å². The van der Waals surface area contributed by atoms with Gasteiger partial charge in [-0.25, -0.2) is 0 Å². The normalized spacial score (nSPS) is 12.3. The summed E-state index contributed by atoms with van der Waals surface area (Å²) in [5.74, 6) is 2.28. The van der Waals surface area contributed by atoms with Crippen LogP contribution in [0.4, 0.5) is 0 Å². The second-order valence-electron chi connectivity index (χ2n) is 5.09. The van der Waals surface area contributed by atoms with Gasteiger partial charge in [0.05, 0.1) is 6.61 Å². The van der Waals surface area contributed by atoms with Gasteiger partial charge in [0.25, 0.3) is 0 Å². The van der Waals surface area contributed by atoms with Crippen LogP contribution in [0, 0.1) is 0 Å². The molecule has 0 aromatic heterocycles.